The van der Waals surface area contributed by atoms with E-state index >= 15 is 0 Å². The molecule has 0 heterocycles. The van der Waals surface area contributed by atoms with E-state index in [-0.39, 0.29) is 16.6 Å². The second kappa shape index (κ2) is 19.0. The third kappa shape index (κ3) is 14.9. The van der Waals surface area contributed by atoms with Crippen molar-refractivity contribution in [3.63, 3.8) is 0 Å². The van der Waals surface area contributed by atoms with Crippen LogP contribution in [0.3, 0.4) is 0 Å². The molecule has 0 saturated carbocycles. The molecular formula is C22H51ClN2O3Si. The second-order valence-corrected chi connectivity index (χ2v) is 11.1. The highest BCUT2D eigenvalue weighted by molar-refractivity contribution is 6.47. The van der Waals surface area contributed by atoms with Crippen molar-refractivity contribution in [2.75, 3.05) is 13.6 Å². The maximum Gasteiger partial charge on any atom is 0.777 e. The largest absolute Gasteiger partial charge is 1.00 e. The SMILES string of the molecule is CCCCCCCCCCCCCCCCCC(N)[N+](C)(CCC)[Si](O)(O)O.[Cl-]. The normalized spacial score (nSPS) is 15.0. The average Bonchev–Trinajstić information content (AvgIpc) is 2.63. The van der Waals surface area contributed by atoms with E-state index in [1.165, 1.54) is 83.5 Å². The van der Waals surface area contributed by atoms with Gasteiger partial charge >= 0.3 is 8.97 Å². The molecule has 0 aliphatic carbocycles. The van der Waals surface area contributed by atoms with Gasteiger partial charge in [0.25, 0.3) is 0 Å². The second-order valence-electron chi connectivity index (χ2n) is 8.90. The molecule has 0 aromatic carbocycles. The van der Waals surface area contributed by atoms with Crippen molar-refractivity contribution in [3.05, 3.63) is 0 Å². The van der Waals surface area contributed by atoms with Gasteiger partial charge in [-0.15, -0.1) is 0 Å². The van der Waals surface area contributed by atoms with Gasteiger partial charge in [-0.25, -0.2) is 0 Å². The van der Waals surface area contributed by atoms with Crippen LogP contribution in [0.15, 0.2) is 0 Å². The molecule has 0 radical (unpaired) electrons. The molecule has 178 valence electrons. The fraction of sp³-hybridized carbons (Fsp3) is 1.00. The fourth-order valence-electron chi connectivity index (χ4n) is 4.01. The van der Waals surface area contributed by atoms with Crippen molar-refractivity contribution in [1.29, 1.82) is 0 Å². The first-order valence-corrected chi connectivity index (χ1v) is 13.9. The summed E-state index contributed by atoms with van der Waals surface area (Å²) in [5.41, 5.74) is 6.21. The number of nitrogens with zero attached hydrogens (tertiary/aromatic N) is 1. The van der Waals surface area contributed by atoms with Crippen molar-refractivity contribution in [2.24, 2.45) is 5.73 Å². The van der Waals surface area contributed by atoms with Crippen molar-refractivity contribution in [2.45, 2.75) is 129 Å². The van der Waals surface area contributed by atoms with Gasteiger partial charge in [-0.2, -0.15) is 0 Å². The number of unbranched alkanes of at least 4 members (excludes halogenated alkanes) is 14. The van der Waals surface area contributed by atoms with E-state index in [0.717, 1.165) is 25.7 Å². The van der Waals surface area contributed by atoms with E-state index in [4.69, 9.17) is 5.73 Å². The zero-order valence-corrected chi connectivity index (χ0v) is 21.3. The Labute approximate surface area is 188 Å². The van der Waals surface area contributed by atoms with Gasteiger partial charge in [0.1, 0.15) is 6.17 Å². The van der Waals surface area contributed by atoms with E-state index in [2.05, 4.69) is 6.92 Å². The molecule has 2 unspecified atom stereocenters. The van der Waals surface area contributed by atoms with Gasteiger partial charge in [0.15, 0.2) is 0 Å². The molecule has 0 saturated heterocycles. The average molecular weight is 455 g/mol. The smallest absolute Gasteiger partial charge is 0.777 e. The Kier molecular flexibility index (Phi) is 20.7. The number of nitrogens with two attached hydrogens (primary N) is 1. The lowest BCUT2D eigenvalue weighted by molar-refractivity contribution is -0.864. The summed E-state index contributed by atoms with van der Waals surface area (Å²) in [5.74, 6) is 0. The first-order chi connectivity index (χ1) is 13.3. The molecule has 29 heavy (non-hydrogen) atoms. The first-order valence-electron chi connectivity index (χ1n) is 12.1. The molecular weight excluding hydrogens is 404 g/mol. The lowest BCUT2D eigenvalue weighted by Crippen LogP contribution is -3.00. The van der Waals surface area contributed by atoms with Crippen LogP contribution in [0.25, 0.3) is 0 Å². The molecule has 0 aliphatic heterocycles. The zero-order chi connectivity index (χ0) is 21.3. The molecule has 0 aliphatic rings. The number of quaternary nitrogens is 1. The topological polar surface area (TPSA) is 86.7 Å². The summed E-state index contributed by atoms with van der Waals surface area (Å²) < 4.78 is -0.192. The minimum absolute atomic E-state index is 0. The Morgan fingerprint density at radius 3 is 1.31 bits per heavy atom. The van der Waals surface area contributed by atoms with Gasteiger partial charge in [0.05, 0.1) is 13.6 Å². The molecule has 0 rings (SSSR count). The predicted octanol–water partition coefficient (Wildman–Crippen LogP) is 1.81. The van der Waals surface area contributed by atoms with E-state index in [1.807, 2.05) is 6.92 Å². The van der Waals surface area contributed by atoms with Gasteiger partial charge in [0, 0.05) is 6.42 Å². The molecule has 7 heteroatoms. The summed E-state index contributed by atoms with van der Waals surface area (Å²) in [4.78, 5) is 29.4. The number of halogens is 1. The highest BCUT2D eigenvalue weighted by Crippen LogP contribution is 2.20. The van der Waals surface area contributed by atoms with Gasteiger partial charge in [-0.1, -0.05) is 104 Å². The zero-order valence-electron chi connectivity index (χ0n) is 19.5. The molecule has 0 fully saturated rings. The number of hydrogen-bond donors (Lipinski definition) is 4. The Hall–Kier alpha value is 0.307. The summed E-state index contributed by atoms with van der Waals surface area (Å²) in [5, 5.41) is 0. The van der Waals surface area contributed by atoms with Crippen molar-refractivity contribution < 1.29 is 30.9 Å². The van der Waals surface area contributed by atoms with Gasteiger partial charge in [-0.05, 0) is 12.8 Å². The summed E-state index contributed by atoms with van der Waals surface area (Å²) in [6, 6.07) is 0. The Morgan fingerprint density at radius 1 is 0.655 bits per heavy atom. The highest BCUT2D eigenvalue weighted by atomic mass is 35.5. The lowest BCUT2D eigenvalue weighted by atomic mass is 10.0. The summed E-state index contributed by atoms with van der Waals surface area (Å²) in [6.07, 6.45) is 21.0. The molecule has 5 nitrogen and oxygen atoms in total. The summed E-state index contributed by atoms with van der Waals surface area (Å²) in [7, 11) is -2.62. The molecule has 2 atom stereocenters. The molecule has 0 aromatic heterocycles. The Bertz CT molecular complexity index is 359. The molecule has 0 amide bonds. The minimum Gasteiger partial charge on any atom is -1.00 e. The Balaban J connectivity index is 0. The third-order valence-electron chi connectivity index (χ3n) is 6.21. The lowest BCUT2D eigenvalue weighted by Gasteiger charge is -2.42. The van der Waals surface area contributed by atoms with Crippen LogP contribution in [-0.4, -0.2) is 47.3 Å². The van der Waals surface area contributed by atoms with Crippen LogP contribution in [0.1, 0.15) is 123 Å². The van der Waals surface area contributed by atoms with Crippen LogP contribution in [0.2, 0.25) is 0 Å². The summed E-state index contributed by atoms with van der Waals surface area (Å²) >= 11 is 0. The van der Waals surface area contributed by atoms with E-state index in [0.29, 0.717) is 6.54 Å². The first kappa shape index (κ1) is 31.5. The van der Waals surface area contributed by atoms with E-state index < -0.39 is 15.1 Å². The van der Waals surface area contributed by atoms with Gasteiger partial charge < -0.3 is 30.9 Å². The standard InChI is InChI=1S/C22H51N2O3Si.ClH/c1-4-6-7-8-9-10-11-12-13-14-15-16-17-18-19-20-22(23)24(3,21-5-2)28(25,26)27;/h22,25-27H,4-21,23H2,1-3H3;1H/q+1;/p-1. The van der Waals surface area contributed by atoms with Crippen molar-refractivity contribution in [1.82, 2.24) is 0 Å². The van der Waals surface area contributed by atoms with Crippen LogP contribution < -0.4 is 18.1 Å². The van der Waals surface area contributed by atoms with Crippen LogP contribution in [0.5, 0.6) is 0 Å². The molecule has 0 aromatic rings. The predicted molar refractivity (Wildman–Crippen MR) is 121 cm³/mol. The van der Waals surface area contributed by atoms with E-state index in [1.54, 1.807) is 7.05 Å². The van der Waals surface area contributed by atoms with Crippen molar-refractivity contribution >= 4 is 8.97 Å². The fourth-order valence-corrected chi connectivity index (χ4v) is 5.11. The van der Waals surface area contributed by atoms with E-state index in [9.17, 15) is 14.4 Å². The van der Waals surface area contributed by atoms with Crippen molar-refractivity contribution in [3.8, 4) is 0 Å². The Morgan fingerprint density at radius 2 is 1.00 bits per heavy atom. The van der Waals surface area contributed by atoms with Crippen LogP contribution in [0, 0.1) is 0 Å². The summed E-state index contributed by atoms with van der Waals surface area (Å²) in [6.45, 7) is 4.74. The highest BCUT2D eigenvalue weighted by Gasteiger charge is 2.56. The molecule has 5 N–H and O–H groups in total. The molecule has 0 spiro atoms. The van der Waals surface area contributed by atoms with Gasteiger partial charge in [0.2, 0.25) is 0 Å². The van der Waals surface area contributed by atoms with Crippen LogP contribution in [-0.2, 0) is 0 Å². The molecule has 0 bridgehead atoms. The quantitative estimate of drug-likeness (QED) is 0.128. The minimum atomic E-state index is -4.29. The monoisotopic (exact) mass is 454 g/mol. The van der Waals surface area contributed by atoms with Crippen LogP contribution in [0.4, 0.5) is 0 Å². The maximum absolute atomic E-state index is 9.81. The third-order valence-corrected chi connectivity index (χ3v) is 8.13. The van der Waals surface area contributed by atoms with Crippen LogP contribution >= 0.6 is 0 Å². The number of hydrogen-bond acceptors (Lipinski definition) is 4. The maximum atomic E-state index is 9.81. The number of rotatable bonds is 20. The van der Waals surface area contributed by atoms with Gasteiger partial charge in [-0.3, -0.25) is 5.73 Å².